The minimum Gasteiger partial charge on any atom is -0.491 e. The van der Waals surface area contributed by atoms with Crippen molar-refractivity contribution in [3.63, 3.8) is 0 Å². The van der Waals surface area contributed by atoms with E-state index in [-0.39, 0.29) is 24.3 Å². The zero-order chi connectivity index (χ0) is 15.4. The molecule has 0 bridgehead atoms. The largest absolute Gasteiger partial charge is 0.491 e. The van der Waals surface area contributed by atoms with Crippen molar-refractivity contribution in [2.24, 2.45) is 0 Å². The first kappa shape index (κ1) is 14.4. The van der Waals surface area contributed by atoms with Crippen molar-refractivity contribution in [3.05, 3.63) is 59.9 Å². The van der Waals surface area contributed by atoms with Crippen molar-refractivity contribution in [1.82, 2.24) is 5.32 Å². The molecule has 4 nitrogen and oxygen atoms in total. The Kier molecular flexibility index (Phi) is 4.23. The highest BCUT2D eigenvalue weighted by Gasteiger charge is 2.21. The monoisotopic (exact) mass is 301 g/mol. The fourth-order valence-corrected chi connectivity index (χ4v) is 2.40. The van der Waals surface area contributed by atoms with Crippen molar-refractivity contribution in [3.8, 4) is 11.5 Å². The summed E-state index contributed by atoms with van der Waals surface area (Å²) in [6.07, 6.45) is 0.710. The summed E-state index contributed by atoms with van der Waals surface area (Å²) < 4.78 is 24.2. The van der Waals surface area contributed by atoms with Crippen LogP contribution in [0.25, 0.3) is 0 Å². The van der Waals surface area contributed by atoms with Crippen molar-refractivity contribution < 1.29 is 18.7 Å². The lowest BCUT2D eigenvalue weighted by atomic mass is 10.0. The predicted molar refractivity (Wildman–Crippen MR) is 79.5 cm³/mol. The quantitative estimate of drug-likeness (QED) is 0.943. The molecule has 0 fully saturated rings. The normalized spacial score (nSPS) is 16.3. The SMILES string of the molecule is O=C(COc1ccccc1F)NC1COc2ccccc2C1. The van der Waals surface area contributed by atoms with Crippen LogP contribution in [-0.4, -0.2) is 25.2 Å². The molecule has 2 aromatic carbocycles. The number of carbonyl (C=O) groups is 1. The van der Waals surface area contributed by atoms with E-state index >= 15 is 0 Å². The second-order valence-electron chi connectivity index (χ2n) is 5.11. The second kappa shape index (κ2) is 6.47. The van der Waals surface area contributed by atoms with Gasteiger partial charge in [-0.1, -0.05) is 30.3 Å². The first-order valence-corrected chi connectivity index (χ1v) is 7.10. The van der Waals surface area contributed by atoms with Crippen LogP contribution in [0.1, 0.15) is 5.56 Å². The number of nitrogens with one attached hydrogen (secondary N) is 1. The van der Waals surface area contributed by atoms with Gasteiger partial charge in [-0.2, -0.15) is 0 Å². The minimum atomic E-state index is -0.481. The number of hydrogen-bond acceptors (Lipinski definition) is 3. The Labute approximate surface area is 127 Å². The lowest BCUT2D eigenvalue weighted by molar-refractivity contribution is -0.124. The van der Waals surface area contributed by atoms with Crippen molar-refractivity contribution in [2.45, 2.75) is 12.5 Å². The predicted octanol–water partition coefficient (Wildman–Crippen LogP) is 2.32. The molecule has 0 saturated carbocycles. The maximum atomic E-state index is 13.4. The first-order chi connectivity index (χ1) is 10.7. The Bertz CT molecular complexity index is 674. The molecule has 0 aromatic heterocycles. The Balaban J connectivity index is 1.52. The van der Waals surface area contributed by atoms with Crippen molar-refractivity contribution >= 4 is 5.91 Å². The molecule has 1 heterocycles. The molecule has 1 unspecified atom stereocenters. The average molecular weight is 301 g/mol. The maximum absolute atomic E-state index is 13.4. The molecule has 0 radical (unpaired) electrons. The van der Waals surface area contributed by atoms with Gasteiger partial charge in [0.05, 0.1) is 6.04 Å². The van der Waals surface area contributed by atoms with Gasteiger partial charge in [-0.25, -0.2) is 4.39 Å². The molecule has 3 rings (SSSR count). The van der Waals surface area contributed by atoms with Crippen molar-refractivity contribution in [2.75, 3.05) is 13.2 Å². The van der Waals surface area contributed by atoms with Gasteiger partial charge in [0.2, 0.25) is 0 Å². The third-order valence-corrected chi connectivity index (χ3v) is 3.44. The average Bonchev–Trinajstić information content (AvgIpc) is 2.54. The highest BCUT2D eigenvalue weighted by Crippen LogP contribution is 2.23. The van der Waals surface area contributed by atoms with Crippen molar-refractivity contribution in [1.29, 1.82) is 0 Å². The minimum absolute atomic E-state index is 0.0721. The maximum Gasteiger partial charge on any atom is 0.258 e. The number of ether oxygens (including phenoxy) is 2. The van der Waals surface area contributed by atoms with E-state index in [1.165, 1.54) is 12.1 Å². The van der Waals surface area contributed by atoms with Gasteiger partial charge in [-0.3, -0.25) is 4.79 Å². The molecule has 0 aliphatic carbocycles. The van der Waals surface area contributed by atoms with Gasteiger partial charge in [-0.05, 0) is 30.2 Å². The summed E-state index contributed by atoms with van der Waals surface area (Å²) in [6, 6.07) is 13.6. The van der Waals surface area contributed by atoms with Gasteiger partial charge in [0.15, 0.2) is 18.2 Å². The Morgan fingerprint density at radius 1 is 1.23 bits per heavy atom. The van der Waals surface area contributed by atoms with Gasteiger partial charge in [-0.15, -0.1) is 0 Å². The van der Waals surface area contributed by atoms with Crippen LogP contribution < -0.4 is 14.8 Å². The van der Waals surface area contributed by atoms with E-state index in [9.17, 15) is 9.18 Å². The molecular formula is C17H16FNO3. The molecule has 0 saturated heterocycles. The summed E-state index contributed by atoms with van der Waals surface area (Å²) in [5.74, 6) is 0.153. The molecule has 1 aliphatic rings. The van der Waals surface area contributed by atoms with Crippen LogP contribution in [0.4, 0.5) is 4.39 Å². The highest BCUT2D eigenvalue weighted by molar-refractivity contribution is 5.78. The molecule has 2 aromatic rings. The summed E-state index contributed by atoms with van der Waals surface area (Å²) in [6.45, 7) is 0.196. The molecule has 1 N–H and O–H groups in total. The number of fused-ring (bicyclic) bond motifs is 1. The van der Waals surface area contributed by atoms with Crippen LogP contribution in [0, 0.1) is 5.82 Å². The zero-order valence-electron chi connectivity index (χ0n) is 11.9. The molecule has 114 valence electrons. The summed E-state index contributed by atoms with van der Waals surface area (Å²) in [4.78, 5) is 11.9. The second-order valence-corrected chi connectivity index (χ2v) is 5.11. The number of carbonyl (C=O) groups excluding carboxylic acids is 1. The molecular weight excluding hydrogens is 285 g/mol. The third-order valence-electron chi connectivity index (χ3n) is 3.44. The Morgan fingerprint density at radius 2 is 2.00 bits per heavy atom. The van der Waals surface area contributed by atoms with Crippen LogP contribution in [0.2, 0.25) is 0 Å². The van der Waals surface area contributed by atoms with E-state index in [1.54, 1.807) is 12.1 Å². The lowest BCUT2D eigenvalue weighted by Crippen LogP contribution is -2.44. The van der Waals surface area contributed by atoms with Gasteiger partial charge in [0.1, 0.15) is 12.4 Å². The van der Waals surface area contributed by atoms with Crippen LogP contribution in [0.3, 0.4) is 0 Å². The Morgan fingerprint density at radius 3 is 2.86 bits per heavy atom. The van der Waals surface area contributed by atoms with Crippen LogP contribution in [0.15, 0.2) is 48.5 Å². The van der Waals surface area contributed by atoms with E-state index in [4.69, 9.17) is 9.47 Å². The van der Waals surface area contributed by atoms with E-state index < -0.39 is 5.82 Å². The number of para-hydroxylation sites is 2. The Hall–Kier alpha value is -2.56. The lowest BCUT2D eigenvalue weighted by Gasteiger charge is -2.26. The number of rotatable bonds is 4. The van der Waals surface area contributed by atoms with E-state index in [1.807, 2.05) is 24.3 Å². The zero-order valence-corrected chi connectivity index (χ0v) is 11.9. The van der Waals surface area contributed by atoms with Gasteiger partial charge in [0, 0.05) is 0 Å². The summed E-state index contributed by atoms with van der Waals surface area (Å²) in [5, 5.41) is 2.84. The van der Waals surface area contributed by atoms with E-state index in [0.717, 1.165) is 11.3 Å². The summed E-state index contributed by atoms with van der Waals surface area (Å²) in [5.41, 5.74) is 1.06. The van der Waals surface area contributed by atoms with Gasteiger partial charge >= 0.3 is 0 Å². The molecule has 5 heteroatoms. The van der Waals surface area contributed by atoms with Gasteiger partial charge < -0.3 is 14.8 Å². The number of amides is 1. The smallest absolute Gasteiger partial charge is 0.258 e. The van der Waals surface area contributed by atoms with Crippen LogP contribution in [0.5, 0.6) is 11.5 Å². The van der Waals surface area contributed by atoms with Crippen LogP contribution in [-0.2, 0) is 11.2 Å². The molecule has 1 atom stereocenters. The number of halogens is 1. The highest BCUT2D eigenvalue weighted by atomic mass is 19.1. The number of benzene rings is 2. The molecule has 22 heavy (non-hydrogen) atoms. The first-order valence-electron chi connectivity index (χ1n) is 7.10. The number of hydrogen-bond donors (Lipinski definition) is 1. The topological polar surface area (TPSA) is 47.6 Å². The molecule has 1 amide bonds. The molecule has 1 aliphatic heterocycles. The molecule has 0 spiro atoms. The van der Waals surface area contributed by atoms with Crippen LogP contribution >= 0.6 is 0 Å². The van der Waals surface area contributed by atoms with E-state index in [0.29, 0.717) is 13.0 Å². The summed E-state index contributed by atoms with van der Waals surface area (Å²) >= 11 is 0. The third kappa shape index (κ3) is 3.36. The fourth-order valence-electron chi connectivity index (χ4n) is 2.40. The van der Waals surface area contributed by atoms with E-state index in [2.05, 4.69) is 5.32 Å². The fraction of sp³-hybridized carbons (Fsp3) is 0.235. The standard InChI is InChI=1S/C17H16FNO3/c18-14-6-2-4-8-16(14)22-11-17(20)19-13-9-12-5-1-3-7-15(12)21-10-13/h1-8,13H,9-11H2,(H,19,20). The summed E-state index contributed by atoms with van der Waals surface area (Å²) in [7, 11) is 0. The van der Waals surface area contributed by atoms with Gasteiger partial charge in [0.25, 0.3) is 5.91 Å².